The van der Waals surface area contributed by atoms with Crippen LogP contribution in [0.25, 0.3) is 11.1 Å². The van der Waals surface area contributed by atoms with Crippen molar-refractivity contribution < 1.29 is 12.8 Å². The Balaban J connectivity index is 2.78. The zero-order chi connectivity index (χ0) is 11.9. The molecule has 1 aromatic carbocycles. The Morgan fingerprint density at radius 2 is 2.06 bits per heavy atom. The standard InChI is InChI=1S/C9H10N2O4S/c1-10-16(13,14)6-3-4-8-7(5-6)11(2)9(12)15-8/h3-5,10H,1-2H3. The predicted octanol–water partition coefficient (Wildman–Crippen LogP) is 0.0396. The van der Waals surface area contributed by atoms with Gasteiger partial charge in [0.2, 0.25) is 10.0 Å². The molecule has 0 aliphatic rings. The topological polar surface area (TPSA) is 81.3 Å². The molecule has 0 saturated carbocycles. The number of aromatic nitrogens is 1. The Morgan fingerprint density at radius 3 is 2.69 bits per heavy atom. The second-order valence-corrected chi connectivity index (χ2v) is 5.15. The van der Waals surface area contributed by atoms with E-state index in [1.165, 1.54) is 36.9 Å². The summed E-state index contributed by atoms with van der Waals surface area (Å²) in [6.07, 6.45) is 0. The zero-order valence-electron chi connectivity index (χ0n) is 8.72. The quantitative estimate of drug-likeness (QED) is 0.806. The lowest BCUT2D eigenvalue weighted by Gasteiger charge is -2.01. The third kappa shape index (κ3) is 1.54. The molecule has 0 amide bonds. The normalized spacial score (nSPS) is 12.1. The molecule has 0 unspecified atom stereocenters. The average Bonchev–Trinajstić information content (AvgIpc) is 2.55. The first-order valence-corrected chi connectivity index (χ1v) is 5.97. The average molecular weight is 242 g/mol. The maximum Gasteiger partial charge on any atom is 0.419 e. The SMILES string of the molecule is CNS(=O)(=O)c1ccc2oc(=O)n(C)c2c1. The van der Waals surface area contributed by atoms with Gasteiger partial charge in [0.1, 0.15) is 0 Å². The summed E-state index contributed by atoms with van der Waals surface area (Å²) in [5, 5.41) is 0. The summed E-state index contributed by atoms with van der Waals surface area (Å²) in [7, 11) is -0.659. The fraction of sp³-hybridized carbons (Fsp3) is 0.222. The summed E-state index contributed by atoms with van der Waals surface area (Å²) < 4.78 is 31.4. The number of hydrogen-bond donors (Lipinski definition) is 1. The molecule has 0 fully saturated rings. The van der Waals surface area contributed by atoms with E-state index < -0.39 is 15.8 Å². The molecule has 2 aromatic rings. The summed E-state index contributed by atoms with van der Waals surface area (Å²) in [5.41, 5.74) is 0.809. The highest BCUT2D eigenvalue weighted by molar-refractivity contribution is 7.89. The van der Waals surface area contributed by atoms with E-state index in [1.807, 2.05) is 0 Å². The smallest absolute Gasteiger partial charge is 0.408 e. The lowest BCUT2D eigenvalue weighted by molar-refractivity contribution is 0.528. The van der Waals surface area contributed by atoms with Gasteiger partial charge in [-0.25, -0.2) is 17.9 Å². The minimum atomic E-state index is -3.50. The number of nitrogens with one attached hydrogen (secondary N) is 1. The Morgan fingerprint density at radius 1 is 1.38 bits per heavy atom. The second kappa shape index (κ2) is 3.46. The minimum absolute atomic E-state index is 0.0962. The van der Waals surface area contributed by atoms with Crippen LogP contribution in [0.1, 0.15) is 0 Å². The number of oxazole rings is 1. The molecule has 0 atom stereocenters. The Labute approximate surface area is 91.5 Å². The van der Waals surface area contributed by atoms with Crippen molar-refractivity contribution in [2.75, 3.05) is 7.05 Å². The lowest BCUT2D eigenvalue weighted by atomic mass is 10.3. The van der Waals surface area contributed by atoms with Crippen LogP contribution in [0.4, 0.5) is 0 Å². The Bertz CT molecular complexity index is 696. The van der Waals surface area contributed by atoms with Crippen LogP contribution >= 0.6 is 0 Å². The predicted molar refractivity (Wildman–Crippen MR) is 57.7 cm³/mol. The number of aryl methyl sites for hydroxylation is 1. The number of sulfonamides is 1. The van der Waals surface area contributed by atoms with Crippen LogP contribution in [0.3, 0.4) is 0 Å². The monoisotopic (exact) mass is 242 g/mol. The van der Waals surface area contributed by atoms with Crippen molar-refractivity contribution in [2.24, 2.45) is 7.05 Å². The van der Waals surface area contributed by atoms with Gasteiger partial charge >= 0.3 is 5.76 Å². The number of nitrogens with zero attached hydrogens (tertiary/aromatic N) is 1. The number of benzene rings is 1. The number of fused-ring (bicyclic) bond motifs is 1. The van der Waals surface area contributed by atoms with Crippen molar-refractivity contribution in [2.45, 2.75) is 4.90 Å². The van der Waals surface area contributed by atoms with Crippen LogP contribution in [0.5, 0.6) is 0 Å². The molecule has 0 spiro atoms. The van der Waals surface area contributed by atoms with Gasteiger partial charge in [0.05, 0.1) is 10.4 Å². The van der Waals surface area contributed by atoms with Gasteiger partial charge in [0.25, 0.3) is 0 Å². The van der Waals surface area contributed by atoms with Gasteiger partial charge in [0, 0.05) is 7.05 Å². The molecule has 1 N–H and O–H groups in total. The van der Waals surface area contributed by atoms with E-state index in [4.69, 9.17) is 4.42 Å². The summed E-state index contributed by atoms with van der Waals surface area (Å²) in [6, 6.07) is 4.24. The van der Waals surface area contributed by atoms with E-state index >= 15 is 0 Å². The molecule has 1 aromatic heterocycles. The summed E-state index contributed by atoms with van der Waals surface area (Å²) in [6.45, 7) is 0. The van der Waals surface area contributed by atoms with Crippen molar-refractivity contribution in [3.8, 4) is 0 Å². The van der Waals surface area contributed by atoms with Crippen LogP contribution in [-0.2, 0) is 17.1 Å². The largest absolute Gasteiger partial charge is 0.419 e. The van der Waals surface area contributed by atoms with Gasteiger partial charge in [-0.05, 0) is 25.2 Å². The Hall–Kier alpha value is -1.60. The first-order chi connectivity index (χ1) is 7.45. The van der Waals surface area contributed by atoms with E-state index in [2.05, 4.69) is 4.72 Å². The molecular weight excluding hydrogens is 232 g/mol. The number of hydrogen-bond acceptors (Lipinski definition) is 4. The fourth-order valence-electron chi connectivity index (χ4n) is 1.39. The van der Waals surface area contributed by atoms with Crippen molar-refractivity contribution >= 4 is 21.1 Å². The maximum atomic E-state index is 11.5. The van der Waals surface area contributed by atoms with Gasteiger partial charge in [0.15, 0.2) is 5.58 Å². The van der Waals surface area contributed by atoms with E-state index in [9.17, 15) is 13.2 Å². The van der Waals surface area contributed by atoms with Crippen LogP contribution < -0.4 is 10.5 Å². The summed E-state index contributed by atoms with van der Waals surface area (Å²) >= 11 is 0. The molecule has 7 heteroatoms. The molecule has 2 rings (SSSR count). The van der Waals surface area contributed by atoms with Crippen LogP contribution in [-0.4, -0.2) is 20.0 Å². The van der Waals surface area contributed by atoms with Gasteiger partial charge in [-0.3, -0.25) is 4.57 Å². The third-order valence-corrected chi connectivity index (χ3v) is 3.75. The van der Waals surface area contributed by atoms with E-state index in [1.54, 1.807) is 0 Å². The third-order valence-electron chi connectivity index (χ3n) is 2.34. The first-order valence-electron chi connectivity index (χ1n) is 4.49. The highest BCUT2D eigenvalue weighted by atomic mass is 32.2. The minimum Gasteiger partial charge on any atom is -0.408 e. The molecule has 0 aliphatic heterocycles. The van der Waals surface area contributed by atoms with E-state index in [-0.39, 0.29) is 4.90 Å². The highest BCUT2D eigenvalue weighted by Crippen LogP contribution is 2.17. The molecule has 1 heterocycles. The molecule has 0 saturated heterocycles. The molecule has 16 heavy (non-hydrogen) atoms. The molecule has 86 valence electrons. The zero-order valence-corrected chi connectivity index (χ0v) is 9.54. The van der Waals surface area contributed by atoms with Gasteiger partial charge in [-0.15, -0.1) is 0 Å². The van der Waals surface area contributed by atoms with Crippen molar-refractivity contribution in [1.29, 1.82) is 0 Å². The molecule has 0 aliphatic carbocycles. The second-order valence-electron chi connectivity index (χ2n) is 3.26. The maximum absolute atomic E-state index is 11.5. The van der Waals surface area contributed by atoms with Crippen LogP contribution in [0.15, 0.2) is 32.3 Å². The highest BCUT2D eigenvalue weighted by Gasteiger charge is 2.14. The van der Waals surface area contributed by atoms with Crippen molar-refractivity contribution in [1.82, 2.24) is 9.29 Å². The van der Waals surface area contributed by atoms with Crippen molar-refractivity contribution in [3.63, 3.8) is 0 Å². The van der Waals surface area contributed by atoms with E-state index in [0.29, 0.717) is 11.1 Å². The van der Waals surface area contributed by atoms with E-state index in [0.717, 1.165) is 0 Å². The van der Waals surface area contributed by atoms with Gasteiger partial charge in [-0.2, -0.15) is 0 Å². The van der Waals surface area contributed by atoms with Gasteiger partial charge < -0.3 is 4.42 Å². The fourth-order valence-corrected chi connectivity index (χ4v) is 2.14. The number of rotatable bonds is 2. The van der Waals surface area contributed by atoms with Gasteiger partial charge in [-0.1, -0.05) is 0 Å². The van der Waals surface area contributed by atoms with Crippen LogP contribution in [0.2, 0.25) is 0 Å². The molecule has 0 bridgehead atoms. The van der Waals surface area contributed by atoms with Crippen molar-refractivity contribution in [3.05, 3.63) is 28.7 Å². The molecule has 6 nitrogen and oxygen atoms in total. The molecular formula is C9H10N2O4S. The lowest BCUT2D eigenvalue weighted by Crippen LogP contribution is -2.18. The summed E-state index contributed by atoms with van der Waals surface area (Å²) in [5.74, 6) is -0.519. The van der Waals surface area contributed by atoms with Crippen LogP contribution in [0, 0.1) is 0 Å². The molecule has 0 radical (unpaired) electrons. The summed E-state index contributed by atoms with van der Waals surface area (Å²) in [4.78, 5) is 11.3. The first kappa shape index (κ1) is 10.9. The Kier molecular flexibility index (Phi) is 2.36.